The minimum absolute atomic E-state index is 0.0761. The molecule has 0 aliphatic carbocycles. The van der Waals surface area contributed by atoms with Gasteiger partial charge in [-0.25, -0.2) is 9.97 Å². The van der Waals surface area contributed by atoms with Gasteiger partial charge >= 0.3 is 0 Å². The van der Waals surface area contributed by atoms with Crippen molar-refractivity contribution in [2.24, 2.45) is 0 Å². The summed E-state index contributed by atoms with van der Waals surface area (Å²) >= 11 is 0. The summed E-state index contributed by atoms with van der Waals surface area (Å²) in [6.45, 7) is 14.0. The van der Waals surface area contributed by atoms with Gasteiger partial charge in [-0.3, -0.25) is 4.90 Å². The normalized spacial score (nSPS) is 19.1. The smallest absolute Gasteiger partial charge is 0.128 e. The molecule has 0 unspecified atom stereocenters. The molecule has 35 heavy (non-hydrogen) atoms. The lowest BCUT2D eigenvalue weighted by molar-refractivity contribution is 0.139. The highest BCUT2D eigenvalue weighted by molar-refractivity contribution is 5.59. The number of piperazine rings is 1. The molecule has 0 spiro atoms. The molecule has 1 saturated heterocycles. The van der Waals surface area contributed by atoms with E-state index in [0.717, 1.165) is 61.5 Å². The Morgan fingerprint density at radius 2 is 1.86 bits per heavy atom. The van der Waals surface area contributed by atoms with Crippen molar-refractivity contribution in [3.63, 3.8) is 0 Å². The highest BCUT2D eigenvalue weighted by Gasteiger charge is 2.22. The number of nitrogens with one attached hydrogen (secondary N) is 1. The molecule has 2 aromatic carbocycles. The number of nitrogens with zero attached hydrogens (tertiary/aromatic N) is 3. The zero-order valence-corrected chi connectivity index (χ0v) is 21.9. The summed E-state index contributed by atoms with van der Waals surface area (Å²) < 4.78 is 0. The molecule has 1 aromatic heterocycles. The first-order valence-electron chi connectivity index (χ1n) is 12.9. The van der Waals surface area contributed by atoms with Crippen molar-refractivity contribution in [2.45, 2.75) is 77.9 Å². The summed E-state index contributed by atoms with van der Waals surface area (Å²) in [5, 5.41) is 13.8. The zero-order valence-electron chi connectivity index (χ0n) is 21.9. The molecule has 1 fully saturated rings. The van der Waals surface area contributed by atoms with Crippen molar-refractivity contribution in [3.8, 4) is 17.0 Å². The number of aryl methyl sites for hydroxylation is 2. The molecule has 0 saturated carbocycles. The molecule has 1 aliphatic rings. The van der Waals surface area contributed by atoms with E-state index in [9.17, 15) is 5.11 Å². The van der Waals surface area contributed by atoms with E-state index in [4.69, 9.17) is 4.98 Å². The third-order valence-electron chi connectivity index (χ3n) is 6.94. The number of aromatic nitrogens is 2. The number of rotatable bonds is 7. The average Bonchev–Trinajstić information content (AvgIpc) is 2.82. The molecule has 5 heteroatoms. The largest absolute Gasteiger partial charge is 0.508 e. The number of benzene rings is 2. The van der Waals surface area contributed by atoms with E-state index in [2.05, 4.69) is 80.2 Å². The number of aromatic hydroxyl groups is 1. The second-order valence-corrected chi connectivity index (χ2v) is 11.1. The van der Waals surface area contributed by atoms with E-state index in [-0.39, 0.29) is 5.41 Å². The number of phenolic OH excluding ortho intramolecular Hbond substituents is 1. The minimum Gasteiger partial charge on any atom is -0.508 e. The van der Waals surface area contributed by atoms with Gasteiger partial charge in [0.15, 0.2) is 0 Å². The zero-order chi connectivity index (χ0) is 25.0. The summed E-state index contributed by atoms with van der Waals surface area (Å²) in [5.74, 6) is 1.26. The molecule has 0 bridgehead atoms. The van der Waals surface area contributed by atoms with Crippen molar-refractivity contribution >= 4 is 0 Å². The maximum atomic E-state index is 10.2. The van der Waals surface area contributed by atoms with Crippen LogP contribution in [0.15, 0.2) is 54.7 Å². The number of hydrogen-bond acceptors (Lipinski definition) is 5. The maximum absolute atomic E-state index is 10.2. The lowest BCUT2D eigenvalue weighted by Gasteiger charge is -2.37. The van der Waals surface area contributed by atoms with Gasteiger partial charge in [-0.2, -0.15) is 0 Å². The minimum atomic E-state index is -0.0761. The monoisotopic (exact) mass is 472 g/mol. The van der Waals surface area contributed by atoms with E-state index in [1.165, 1.54) is 11.1 Å². The van der Waals surface area contributed by atoms with Crippen LogP contribution in [0.4, 0.5) is 0 Å². The van der Waals surface area contributed by atoms with E-state index in [1.807, 2.05) is 24.4 Å². The number of phenols is 1. The molecule has 186 valence electrons. The summed E-state index contributed by atoms with van der Waals surface area (Å²) in [6.07, 6.45) is 4.61. The predicted molar refractivity (Wildman–Crippen MR) is 144 cm³/mol. The van der Waals surface area contributed by atoms with Gasteiger partial charge in [0, 0.05) is 49.9 Å². The third-order valence-corrected chi connectivity index (χ3v) is 6.94. The van der Waals surface area contributed by atoms with Crippen molar-refractivity contribution in [2.75, 3.05) is 13.1 Å². The molecular weight excluding hydrogens is 432 g/mol. The highest BCUT2D eigenvalue weighted by Crippen LogP contribution is 2.31. The Hall–Kier alpha value is -2.76. The Morgan fingerprint density at radius 1 is 1.03 bits per heavy atom. The Morgan fingerprint density at radius 3 is 2.66 bits per heavy atom. The van der Waals surface area contributed by atoms with Crippen LogP contribution in [0.5, 0.6) is 5.75 Å². The van der Waals surface area contributed by atoms with Crippen LogP contribution in [0.1, 0.15) is 63.6 Å². The Kier molecular flexibility index (Phi) is 7.88. The predicted octanol–water partition coefficient (Wildman–Crippen LogP) is 5.50. The van der Waals surface area contributed by atoms with Gasteiger partial charge in [-0.15, -0.1) is 0 Å². The number of hydrogen-bond donors (Lipinski definition) is 2. The lowest BCUT2D eigenvalue weighted by atomic mass is 9.85. The molecule has 0 radical (unpaired) electrons. The van der Waals surface area contributed by atoms with Crippen LogP contribution in [0.2, 0.25) is 0 Å². The fourth-order valence-corrected chi connectivity index (χ4v) is 4.85. The molecule has 2 heterocycles. The first kappa shape index (κ1) is 25.3. The van der Waals surface area contributed by atoms with Crippen molar-refractivity contribution in [1.29, 1.82) is 0 Å². The summed E-state index contributed by atoms with van der Waals surface area (Å²) in [6, 6.07) is 17.8. The van der Waals surface area contributed by atoms with Crippen LogP contribution in [0.25, 0.3) is 11.3 Å². The fourth-order valence-electron chi connectivity index (χ4n) is 4.85. The lowest BCUT2D eigenvalue weighted by Crippen LogP contribution is -2.53. The summed E-state index contributed by atoms with van der Waals surface area (Å²) in [5.41, 5.74) is 5.62. The molecule has 4 rings (SSSR count). The van der Waals surface area contributed by atoms with Gasteiger partial charge in [0.1, 0.15) is 11.6 Å². The van der Waals surface area contributed by atoms with Gasteiger partial charge in [0.25, 0.3) is 0 Å². The third kappa shape index (κ3) is 6.68. The van der Waals surface area contributed by atoms with Crippen LogP contribution < -0.4 is 5.32 Å². The topological polar surface area (TPSA) is 61.3 Å². The van der Waals surface area contributed by atoms with Gasteiger partial charge in [0.2, 0.25) is 0 Å². The molecule has 3 aromatic rings. The van der Waals surface area contributed by atoms with Crippen LogP contribution in [0, 0.1) is 0 Å². The summed E-state index contributed by atoms with van der Waals surface area (Å²) in [7, 11) is 0. The van der Waals surface area contributed by atoms with E-state index < -0.39 is 0 Å². The van der Waals surface area contributed by atoms with Crippen LogP contribution in [0.3, 0.4) is 0 Å². The van der Waals surface area contributed by atoms with Crippen LogP contribution in [-0.4, -0.2) is 45.1 Å². The SMILES string of the molecule is C[C@H]1CN(Cc2cccc(-c3ccnc(CCCc4ccc(O)c(C(C)(C)C)c4)n3)c2)[C@@H](C)CN1. The molecule has 1 aliphatic heterocycles. The first-order chi connectivity index (χ1) is 16.7. The molecular formula is C30H40N4O. The van der Waals surface area contributed by atoms with Crippen molar-refractivity contribution in [3.05, 3.63) is 77.2 Å². The highest BCUT2D eigenvalue weighted by atomic mass is 16.3. The Bertz CT molecular complexity index is 1140. The second kappa shape index (κ2) is 10.9. The first-order valence-corrected chi connectivity index (χ1v) is 12.9. The molecule has 0 amide bonds. The van der Waals surface area contributed by atoms with Gasteiger partial charge < -0.3 is 10.4 Å². The fraction of sp³-hybridized carbons (Fsp3) is 0.467. The molecule has 2 N–H and O–H groups in total. The van der Waals surface area contributed by atoms with Gasteiger partial charge in [0.05, 0.1) is 5.69 Å². The average molecular weight is 473 g/mol. The van der Waals surface area contributed by atoms with E-state index in [0.29, 0.717) is 17.8 Å². The van der Waals surface area contributed by atoms with Crippen LogP contribution >= 0.6 is 0 Å². The van der Waals surface area contributed by atoms with Crippen LogP contribution in [-0.2, 0) is 24.8 Å². The van der Waals surface area contributed by atoms with Gasteiger partial charge in [-0.05, 0) is 67.0 Å². The van der Waals surface area contributed by atoms with Gasteiger partial charge in [-0.1, -0.05) is 51.1 Å². The van der Waals surface area contributed by atoms with Crippen molar-refractivity contribution < 1.29 is 5.11 Å². The molecule has 2 atom stereocenters. The maximum Gasteiger partial charge on any atom is 0.128 e. The summed E-state index contributed by atoms with van der Waals surface area (Å²) in [4.78, 5) is 12.0. The quantitative estimate of drug-likeness (QED) is 0.475. The van der Waals surface area contributed by atoms with E-state index >= 15 is 0 Å². The van der Waals surface area contributed by atoms with E-state index in [1.54, 1.807) is 0 Å². The Labute approximate surface area is 210 Å². The second-order valence-electron chi connectivity index (χ2n) is 11.1. The standard InChI is InChI=1S/C30H40N4O/c1-21-19-34(22(2)18-32-21)20-24-9-6-10-25(16-24)27-14-15-31-29(33-27)11-7-8-23-12-13-28(35)26(17-23)30(3,4)5/h6,9-10,12-17,21-22,32,35H,7-8,11,18-20H2,1-5H3/t21-,22-/m0/s1. The Balaban J connectivity index is 1.40. The molecule has 5 nitrogen and oxygen atoms in total. The van der Waals surface area contributed by atoms with Crippen molar-refractivity contribution in [1.82, 2.24) is 20.2 Å².